The first kappa shape index (κ1) is 15.9. The van der Waals surface area contributed by atoms with Crippen molar-refractivity contribution in [3.63, 3.8) is 0 Å². The lowest BCUT2D eigenvalue weighted by Gasteiger charge is -2.09. The SMILES string of the molecule is N#Cc1cc([N+](=O)[O-])ccc1NC(=O)COc1ccccc1F. The summed E-state index contributed by atoms with van der Waals surface area (Å²) in [6, 6.07) is 10.8. The van der Waals surface area contributed by atoms with E-state index in [0.717, 1.165) is 12.1 Å². The minimum Gasteiger partial charge on any atom is -0.481 e. The predicted octanol–water partition coefficient (Wildman–Crippen LogP) is 2.62. The van der Waals surface area contributed by atoms with Crippen LogP contribution in [0, 0.1) is 27.3 Å². The molecule has 0 atom stereocenters. The third kappa shape index (κ3) is 4.01. The molecule has 1 amide bonds. The Morgan fingerprint density at radius 2 is 2.09 bits per heavy atom. The number of nitriles is 1. The monoisotopic (exact) mass is 315 g/mol. The molecule has 0 aliphatic carbocycles. The van der Waals surface area contributed by atoms with E-state index in [2.05, 4.69) is 5.32 Å². The minimum atomic E-state index is -0.645. The van der Waals surface area contributed by atoms with Gasteiger partial charge < -0.3 is 10.1 Å². The number of carbonyl (C=O) groups is 1. The summed E-state index contributed by atoms with van der Waals surface area (Å²) in [5, 5.41) is 22.0. The number of para-hydroxylation sites is 1. The summed E-state index contributed by atoms with van der Waals surface area (Å²) in [4.78, 5) is 21.8. The van der Waals surface area contributed by atoms with Crippen molar-refractivity contribution >= 4 is 17.3 Å². The van der Waals surface area contributed by atoms with E-state index in [1.165, 1.54) is 24.3 Å². The van der Waals surface area contributed by atoms with E-state index in [1.54, 1.807) is 12.1 Å². The Morgan fingerprint density at radius 1 is 1.35 bits per heavy atom. The fourth-order valence-corrected chi connectivity index (χ4v) is 1.74. The van der Waals surface area contributed by atoms with Crippen LogP contribution >= 0.6 is 0 Å². The fraction of sp³-hybridized carbons (Fsp3) is 0.0667. The number of halogens is 1. The number of hydrogen-bond donors (Lipinski definition) is 1. The van der Waals surface area contributed by atoms with Crippen molar-refractivity contribution in [2.45, 2.75) is 0 Å². The Kier molecular flexibility index (Phi) is 4.84. The van der Waals surface area contributed by atoms with Gasteiger partial charge in [-0.1, -0.05) is 12.1 Å². The standard InChI is InChI=1S/C15H10FN3O4/c16-12-3-1-2-4-14(12)23-9-15(20)18-13-6-5-11(19(21)22)7-10(13)8-17/h1-7H,9H2,(H,18,20). The van der Waals surface area contributed by atoms with Crippen LogP contribution in [0.25, 0.3) is 0 Å². The van der Waals surface area contributed by atoms with E-state index >= 15 is 0 Å². The molecule has 116 valence electrons. The van der Waals surface area contributed by atoms with Crippen LogP contribution in [0.15, 0.2) is 42.5 Å². The molecule has 0 fully saturated rings. The summed E-state index contributed by atoms with van der Waals surface area (Å²) in [5.41, 5.74) is -0.208. The molecule has 2 rings (SSSR count). The lowest BCUT2D eigenvalue weighted by molar-refractivity contribution is -0.384. The number of ether oxygens (including phenoxy) is 1. The first-order valence-corrected chi connectivity index (χ1v) is 6.37. The molecule has 0 bridgehead atoms. The molecule has 23 heavy (non-hydrogen) atoms. The van der Waals surface area contributed by atoms with Crippen LogP contribution in [-0.2, 0) is 4.79 Å². The van der Waals surface area contributed by atoms with Crippen LogP contribution < -0.4 is 10.1 Å². The molecule has 0 unspecified atom stereocenters. The molecule has 0 aromatic heterocycles. The normalized spacial score (nSPS) is 9.74. The number of benzene rings is 2. The van der Waals surface area contributed by atoms with E-state index < -0.39 is 23.3 Å². The average molecular weight is 315 g/mol. The number of nitro groups is 1. The van der Waals surface area contributed by atoms with Crippen molar-refractivity contribution in [3.8, 4) is 11.8 Å². The quantitative estimate of drug-likeness (QED) is 0.674. The van der Waals surface area contributed by atoms with E-state index in [-0.39, 0.29) is 22.7 Å². The Morgan fingerprint density at radius 3 is 2.74 bits per heavy atom. The van der Waals surface area contributed by atoms with E-state index in [1.807, 2.05) is 0 Å². The summed E-state index contributed by atoms with van der Waals surface area (Å²) >= 11 is 0. The summed E-state index contributed by atoms with van der Waals surface area (Å²) in [7, 11) is 0. The summed E-state index contributed by atoms with van der Waals surface area (Å²) in [6.45, 7) is -0.469. The maximum absolute atomic E-state index is 13.3. The Bertz CT molecular complexity index is 802. The number of amides is 1. The zero-order valence-electron chi connectivity index (χ0n) is 11.7. The number of anilines is 1. The van der Waals surface area contributed by atoms with Gasteiger partial charge >= 0.3 is 0 Å². The summed E-state index contributed by atoms with van der Waals surface area (Å²) in [5.74, 6) is -1.31. The highest BCUT2D eigenvalue weighted by molar-refractivity contribution is 5.93. The van der Waals surface area contributed by atoms with Crippen LogP contribution in [0.5, 0.6) is 5.75 Å². The van der Waals surface area contributed by atoms with Gasteiger partial charge in [0.2, 0.25) is 0 Å². The van der Waals surface area contributed by atoms with Gasteiger partial charge in [-0.2, -0.15) is 5.26 Å². The molecular formula is C15H10FN3O4. The number of nitro benzene ring substituents is 1. The molecule has 2 aromatic rings. The molecule has 8 heteroatoms. The lowest BCUT2D eigenvalue weighted by atomic mass is 10.1. The van der Waals surface area contributed by atoms with Gasteiger partial charge in [0.05, 0.1) is 16.2 Å². The van der Waals surface area contributed by atoms with E-state index in [4.69, 9.17) is 10.00 Å². The second-order valence-corrected chi connectivity index (χ2v) is 4.37. The van der Waals surface area contributed by atoms with Crippen molar-refractivity contribution in [2.75, 3.05) is 11.9 Å². The van der Waals surface area contributed by atoms with E-state index in [0.29, 0.717) is 0 Å². The molecule has 7 nitrogen and oxygen atoms in total. The zero-order valence-corrected chi connectivity index (χ0v) is 11.7. The first-order valence-electron chi connectivity index (χ1n) is 6.37. The number of hydrogen-bond acceptors (Lipinski definition) is 5. The van der Waals surface area contributed by atoms with Crippen molar-refractivity contribution in [2.24, 2.45) is 0 Å². The highest BCUT2D eigenvalue weighted by Gasteiger charge is 2.13. The molecule has 1 N–H and O–H groups in total. The van der Waals surface area contributed by atoms with Crippen LogP contribution in [0.1, 0.15) is 5.56 Å². The average Bonchev–Trinajstić information content (AvgIpc) is 2.54. The number of nitrogens with one attached hydrogen (secondary N) is 1. The van der Waals surface area contributed by atoms with Gasteiger partial charge in [0, 0.05) is 12.1 Å². The van der Waals surface area contributed by atoms with Gasteiger partial charge in [0.25, 0.3) is 11.6 Å². The van der Waals surface area contributed by atoms with Crippen molar-refractivity contribution in [3.05, 3.63) is 64.0 Å². The molecule has 0 saturated carbocycles. The lowest BCUT2D eigenvalue weighted by Crippen LogP contribution is -2.21. The van der Waals surface area contributed by atoms with Gasteiger partial charge in [-0.05, 0) is 18.2 Å². The van der Waals surface area contributed by atoms with Crippen LogP contribution in [0.2, 0.25) is 0 Å². The second kappa shape index (κ2) is 7.00. The van der Waals surface area contributed by atoms with Gasteiger partial charge in [-0.15, -0.1) is 0 Å². The molecular weight excluding hydrogens is 305 g/mol. The Balaban J connectivity index is 2.04. The van der Waals surface area contributed by atoms with Gasteiger partial charge in [0.1, 0.15) is 6.07 Å². The Hall–Kier alpha value is -3.47. The second-order valence-electron chi connectivity index (χ2n) is 4.37. The molecule has 0 spiro atoms. The van der Waals surface area contributed by atoms with Crippen LogP contribution in [-0.4, -0.2) is 17.4 Å². The smallest absolute Gasteiger partial charge is 0.270 e. The van der Waals surface area contributed by atoms with Gasteiger partial charge in [-0.3, -0.25) is 14.9 Å². The van der Waals surface area contributed by atoms with Crippen molar-refractivity contribution < 1.29 is 18.8 Å². The molecule has 0 saturated heterocycles. The highest BCUT2D eigenvalue weighted by Crippen LogP contribution is 2.21. The third-order valence-corrected chi connectivity index (χ3v) is 2.80. The number of carbonyl (C=O) groups excluding carboxylic acids is 1. The van der Waals surface area contributed by atoms with Gasteiger partial charge in [-0.25, -0.2) is 4.39 Å². The zero-order chi connectivity index (χ0) is 16.8. The van der Waals surface area contributed by atoms with Crippen molar-refractivity contribution in [1.82, 2.24) is 0 Å². The molecule has 0 aliphatic rings. The third-order valence-electron chi connectivity index (χ3n) is 2.80. The predicted molar refractivity (Wildman–Crippen MR) is 78.3 cm³/mol. The molecule has 2 aromatic carbocycles. The fourth-order valence-electron chi connectivity index (χ4n) is 1.74. The van der Waals surface area contributed by atoms with Crippen LogP contribution in [0.4, 0.5) is 15.8 Å². The maximum atomic E-state index is 13.3. The number of non-ortho nitro benzene ring substituents is 1. The highest BCUT2D eigenvalue weighted by atomic mass is 19.1. The van der Waals surface area contributed by atoms with Crippen LogP contribution in [0.3, 0.4) is 0 Å². The maximum Gasteiger partial charge on any atom is 0.270 e. The summed E-state index contributed by atoms with van der Waals surface area (Å²) in [6.07, 6.45) is 0. The summed E-state index contributed by atoms with van der Waals surface area (Å²) < 4.78 is 18.4. The van der Waals surface area contributed by atoms with E-state index in [9.17, 15) is 19.3 Å². The first-order chi connectivity index (χ1) is 11.0. The number of rotatable bonds is 5. The molecule has 0 aliphatic heterocycles. The van der Waals surface area contributed by atoms with Crippen molar-refractivity contribution in [1.29, 1.82) is 5.26 Å². The molecule has 0 heterocycles. The molecule has 0 radical (unpaired) electrons. The Labute approximate surface area is 130 Å². The number of nitrogens with zero attached hydrogens (tertiary/aromatic N) is 2. The minimum absolute atomic E-state index is 0.0570. The van der Waals surface area contributed by atoms with Gasteiger partial charge in [0.15, 0.2) is 18.2 Å². The largest absolute Gasteiger partial charge is 0.481 e. The topological polar surface area (TPSA) is 105 Å².